The van der Waals surface area contributed by atoms with E-state index in [0.29, 0.717) is 10.6 Å². The van der Waals surface area contributed by atoms with Gasteiger partial charge in [-0.3, -0.25) is 10.2 Å². The topological polar surface area (TPSA) is 55.1 Å². The van der Waals surface area contributed by atoms with Gasteiger partial charge >= 0.3 is 0 Å². The number of rotatable bonds is 2. The molecule has 78 valence electrons. The average molecular weight is 238 g/mol. The number of nitrogen functional groups attached to an aromatic ring is 1. The molecule has 15 heavy (non-hydrogen) atoms. The summed E-state index contributed by atoms with van der Waals surface area (Å²) in [4.78, 5) is 12.2. The van der Waals surface area contributed by atoms with E-state index in [1.165, 1.54) is 11.3 Å². The van der Waals surface area contributed by atoms with Gasteiger partial charge in [-0.15, -0.1) is 11.3 Å². The molecule has 0 spiro atoms. The molecule has 0 saturated carbocycles. The number of nitrogens with one attached hydrogen (secondary N) is 1. The molecule has 0 atom stereocenters. The largest absolute Gasteiger partial charge is 0.289 e. The monoisotopic (exact) mass is 238 g/mol. The van der Waals surface area contributed by atoms with Crippen LogP contribution in [0.4, 0.5) is 0 Å². The Hall–Kier alpha value is -1.04. The van der Waals surface area contributed by atoms with E-state index in [9.17, 15) is 4.79 Å². The van der Waals surface area contributed by atoms with Crippen LogP contribution in [0.1, 0.15) is 15.2 Å². The maximum absolute atomic E-state index is 11.5. The van der Waals surface area contributed by atoms with E-state index in [1.807, 2.05) is 24.3 Å². The van der Waals surface area contributed by atoms with Crippen molar-refractivity contribution in [2.45, 2.75) is 5.75 Å². The molecule has 0 aliphatic carbocycles. The summed E-state index contributed by atoms with van der Waals surface area (Å²) in [5.41, 5.74) is 3.10. The van der Waals surface area contributed by atoms with E-state index in [2.05, 4.69) is 18.1 Å². The van der Waals surface area contributed by atoms with Crippen LogP contribution >= 0.6 is 24.0 Å². The molecule has 0 saturated heterocycles. The highest BCUT2D eigenvalue weighted by atomic mass is 32.1. The van der Waals surface area contributed by atoms with E-state index in [-0.39, 0.29) is 5.91 Å². The minimum atomic E-state index is -0.250. The molecule has 0 fully saturated rings. The van der Waals surface area contributed by atoms with Gasteiger partial charge in [-0.2, -0.15) is 12.6 Å². The molecule has 2 aromatic rings. The molecule has 1 aromatic heterocycles. The van der Waals surface area contributed by atoms with Crippen molar-refractivity contribution >= 4 is 40.0 Å². The number of fused-ring (bicyclic) bond motifs is 1. The minimum absolute atomic E-state index is 0.250. The molecule has 1 heterocycles. The number of hydrazine groups is 1. The Morgan fingerprint density at radius 2 is 2.20 bits per heavy atom. The first-order valence-electron chi connectivity index (χ1n) is 4.40. The van der Waals surface area contributed by atoms with Gasteiger partial charge < -0.3 is 0 Å². The maximum atomic E-state index is 11.5. The van der Waals surface area contributed by atoms with Crippen LogP contribution in [-0.4, -0.2) is 5.91 Å². The summed E-state index contributed by atoms with van der Waals surface area (Å²) in [5, 5.41) is 1.08. The van der Waals surface area contributed by atoms with Crippen LogP contribution in [0.25, 0.3) is 10.1 Å². The lowest BCUT2D eigenvalue weighted by atomic mass is 10.1. The van der Waals surface area contributed by atoms with Crippen LogP contribution in [-0.2, 0) is 5.75 Å². The zero-order valence-electron chi connectivity index (χ0n) is 7.86. The number of benzene rings is 1. The Morgan fingerprint density at radius 1 is 1.47 bits per heavy atom. The predicted octanol–water partition coefficient (Wildman–Crippen LogP) is 1.93. The van der Waals surface area contributed by atoms with Gasteiger partial charge in [0.05, 0.1) is 4.88 Å². The molecule has 0 aliphatic rings. The average Bonchev–Trinajstić information content (AvgIpc) is 2.66. The van der Waals surface area contributed by atoms with Crippen molar-refractivity contribution in [3.63, 3.8) is 0 Å². The first-order valence-corrected chi connectivity index (χ1v) is 5.85. The first kappa shape index (κ1) is 10.5. The highest BCUT2D eigenvalue weighted by Gasteiger charge is 2.15. The lowest BCUT2D eigenvalue weighted by molar-refractivity contribution is 0.0957. The molecule has 0 bridgehead atoms. The summed E-state index contributed by atoms with van der Waals surface area (Å²) in [7, 11) is 0. The molecule has 5 heteroatoms. The van der Waals surface area contributed by atoms with Crippen molar-refractivity contribution in [1.29, 1.82) is 0 Å². The van der Waals surface area contributed by atoms with Crippen molar-refractivity contribution in [3.8, 4) is 0 Å². The van der Waals surface area contributed by atoms with Crippen LogP contribution in [0.2, 0.25) is 0 Å². The van der Waals surface area contributed by atoms with Crippen molar-refractivity contribution in [1.82, 2.24) is 5.43 Å². The number of amides is 1. The molecule has 1 aromatic carbocycles. The second-order valence-corrected chi connectivity index (χ2v) is 4.41. The van der Waals surface area contributed by atoms with Crippen LogP contribution in [0.3, 0.4) is 0 Å². The fraction of sp³-hybridized carbons (Fsp3) is 0.100. The standard InChI is InChI=1S/C10H10N2OS2/c11-12-10(13)9-7(5-14)6-3-1-2-4-8(6)15-9/h1-4,14H,5,11H2,(H,12,13). The molecular formula is C10H10N2OS2. The van der Waals surface area contributed by atoms with Crippen LogP contribution in [0, 0.1) is 0 Å². The fourth-order valence-corrected chi connectivity index (χ4v) is 3.06. The zero-order chi connectivity index (χ0) is 10.8. The summed E-state index contributed by atoms with van der Waals surface area (Å²) in [6, 6.07) is 7.88. The molecule has 2 rings (SSSR count). The smallest absolute Gasteiger partial charge is 0.275 e. The van der Waals surface area contributed by atoms with Gasteiger partial charge in [0.1, 0.15) is 0 Å². The second kappa shape index (κ2) is 4.22. The van der Waals surface area contributed by atoms with Gasteiger partial charge in [-0.25, -0.2) is 5.84 Å². The molecule has 0 unspecified atom stereocenters. The van der Waals surface area contributed by atoms with Crippen LogP contribution in [0.15, 0.2) is 24.3 Å². The third kappa shape index (κ3) is 1.73. The summed E-state index contributed by atoms with van der Waals surface area (Å²) in [6.07, 6.45) is 0. The summed E-state index contributed by atoms with van der Waals surface area (Å²) in [6.45, 7) is 0. The summed E-state index contributed by atoms with van der Waals surface area (Å²) < 4.78 is 1.08. The maximum Gasteiger partial charge on any atom is 0.275 e. The summed E-state index contributed by atoms with van der Waals surface area (Å²) in [5.74, 6) is 5.42. The SMILES string of the molecule is NNC(=O)c1sc2ccccc2c1CS. The van der Waals surface area contributed by atoms with E-state index in [4.69, 9.17) is 5.84 Å². The van der Waals surface area contributed by atoms with E-state index >= 15 is 0 Å². The number of carbonyl (C=O) groups excluding carboxylic acids is 1. The van der Waals surface area contributed by atoms with Gasteiger partial charge in [-0.05, 0) is 17.0 Å². The molecule has 3 N–H and O–H groups in total. The summed E-state index contributed by atoms with van der Waals surface area (Å²) >= 11 is 5.68. The Labute approximate surface area is 96.7 Å². The predicted molar refractivity (Wildman–Crippen MR) is 66.2 cm³/mol. The Bertz CT molecular complexity index is 507. The number of nitrogens with two attached hydrogens (primary N) is 1. The van der Waals surface area contributed by atoms with Crippen molar-refractivity contribution in [2.75, 3.05) is 0 Å². The van der Waals surface area contributed by atoms with E-state index in [0.717, 1.165) is 15.6 Å². The Morgan fingerprint density at radius 3 is 2.87 bits per heavy atom. The van der Waals surface area contributed by atoms with Crippen LogP contribution in [0.5, 0.6) is 0 Å². The first-order chi connectivity index (χ1) is 7.27. The van der Waals surface area contributed by atoms with Crippen molar-refractivity contribution in [2.24, 2.45) is 5.84 Å². The highest BCUT2D eigenvalue weighted by Crippen LogP contribution is 2.32. The molecule has 1 amide bonds. The van der Waals surface area contributed by atoms with Gasteiger partial charge in [0.25, 0.3) is 5.91 Å². The van der Waals surface area contributed by atoms with Gasteiger partial charge in [0.2, 0.25) is 0 Å². The zero-order valence-corrected chi connectivity index (χ0v) is 9.57. The number of hydrogen-bond acceptors (Lipinski definition) is 4. The van der Waals surface area contributed by atoms with E-state index < -0.39 is 0 Å². The third-order valence-corrected chi connectivity index (χ3v) is 3.72. The van der Waals surface area contributed by atoms with Crippen molar-refractivity contribution < 1.29 is 4.79 Å². The Kier molecular flexibility index (Phi) is 2.95. The lowest BCUT2D eigenvalue weighted by Gasteiger charge is -1.98. The number of thiol groups is 1. The quantitative estimate of drug-likeness (QED) is 0.324. The molecule has 0 aliphatic heterocycles. The second-order valence-electron chi connectivity index (χ2n) is 3.04. The molecule has 3 nitrogen and oxygen atoms in total. The van der Waals surface area contributed by atoms with Crippen molar-refractivity contribution in [3.05, 3.63) is 34.7 Å². The fourth-order valence-electron chi connectivity index (χ4n) is 1.50. The number of carbonyl (C=O) groups is 1. The third-order valence-electron chi connectivity index (χ3n) is 2.19. The van der Waals surface area contributed by atoms with E-state index in [1.54, 1.807) is 0 Å². The Balaban J connectivity index is 2.69. The highest BCUT2D eigenvalue weighted by molar-refractivity contribution is 7.79. The van der Waals surface area contributed by atoms with Gasteiger partial charge in [0, 0.05) is 10.5 Å². The van der Waals surface area contributed by atoms with Gasteiger partial charge in [0.15, 0.2) is 0 Å². The van der Waals surface area contributed by atoms with Crippen LogP contribution < -0.4 is 11.3 Å². The van der Waals surface area contributed by atoms with Gasteiger partial charge in [-0.1, -0.05) is 18.2 Å². The lowest BCUT2D eigenvalue weighted by Crippen LogP contribution is -2.29. The number of thiophene rings is 1. The molecular weight excluding hydrogens is 228 g/mol. The minimum Gasteiger partial charge on any atom is -0.289 e. The number of hydrogen-bond donors (Lipinski definition) is 3. The molecule has 0 radical (unpaired) electrons. The normalized spacial score (nSPS) is 10.5.